The Kier molecular flexibility index (Phi) is 6.21. The van der Waals surface area contributed by atoms with Crippen molar-refractivity contribution in [3.05, 3.63) is 29.7 Å². The smallest absolute Gasteiger partial charge is 0.326 e. The molecule has 0 aliphatic heterocycles. The lowest BCUT2D eigenvalue weighted by Gasteiger charge is -2.12. The molecule has 2 N–H and O–H groups in total. The van der Waals surface area contributed by atoms with Crippen molar-refractivity contribution in [3.8, 4) is 0 Å². The number of hydrogen-bond donors (Lipinski definition) is 2. The second-order valence-electron chi connectivity index (χ2n) is 3.96. The highest BCUT2D eigenvalue weighted by atomic mass is 32.2. The van der Waals surface area contributed by atoms with Crippen LogP contribution in [0.15, 0.2) is 22.6 Å². The maximum absolute atomic E-state index is 11.6. The number of rotatable bonds is 7. The van der Waals surface area contributed by atoms with Crippen molar-refractivity contribution in [1.82, 2.24) is 5.32 Å². The van der Waals surface area contributed by atoms with E-state index in [1.165, 1.54) is 23.9 Å². The minimum atomic E-state index is -1.02. The minimum absolute atomic E-state index is 0.399. The summed E-state index contributed by atoms with van der Waals surface area (Å²) >= 11 is 1.54. The molecule has 0 unspecified atom stereocenters. The van der Waals surface area contributed by atoms with Gasteiger partial charge in [-0.05, 0) is 43.6 Å². The fourth-order valence-corrected chi connectivity index (χ4v) is 1.89. The van der Waals surface area contributed by atoms with Gasteiger partial charge in [0.15, 0.2) is 0 Å². The predicted octanol–water partition coefficient (Wildman–Crippen LogP) is 1.92. The highest BCUT2D eigenvalue weighted by Gasteiger charge is 2.17. The Labute approximate surface area is 116 Å². The Bertz CT molecular complexity index is 467. The maximum Gasteiger partial charge on any atom is 0.326 e. The van der Waals surface area contributed by atoms with Crippen LogP contribution in [0.4, 0.5) is 0 Å². The van der Waals surface area contributed by atoms with Crippen LogP contribution in [-0.4, -0.2) is 35.0 Å². The minimum Gasteiger partial charge on any atom is -0.480 e. The largest absolute Gasteiger partial charge is 0.480 e. The molecular formula is C13H17NO4S. The average molecular weight is 283 g/mol. The van der Waals surface area contributed by atoms with Crippen LogP contribution in [0.3, 0.4) is 0 Å². The Morgan fingerprint density at radius 2 is 2.26 bits per heavy atom. The summed E-state index contributed by atoms with van der Waals surface area (Å²) in [5.74, 6) is 0.525. The molecule has 1 rings (SSSR count). The number of carbonyl (C=O) groups is 2. The molecule has 104 valence electrons. The maximum atomic E-state index is 11.6. The topological polar surface area (TPSA) is 79.5 Å². The van der Waals surface area contributed by atoms with Crippen LogP contribution in [0.25, 0.3) is 6.08 Å². The van der Waals surface area contributed by atoms with E-state index in [0.29, 0.717) is 17.9 Å². The zero-order valence-corrected chi connectivity index (χ0v) is 11.7. The van der Waals surface area contributed by atoms with Gasteiger partial charge in [0.2, 0.25) is 5.91 Å². The summed E-state index contributed by atoms with van der Waals surface area (Å²) in [5.41, 5.74) is 0. The fourth-order valence-electron chi connectivity index (χ4n) is 1.41. The standard InChI is InChI=1S/C13H17NO4S/c1-9-3-4-10(18-9)5-6-12(15)14-11(13(16)17)7-8-19-2/h3-6,11H,7-8H2,1-2H3,(H,14,15)(H,16,17)/b6-5+/t11-/m1/s1. The summed E-state index contributed by atoms with van der Waals surface area (Å²) in [6, 6.07) is 2.67. The zero-order chi connectivity index (χ0) is 14.3. The summed E-state index contributed by atoms with van der Waals surface area (Å²) in [5, 5.41) is 11.4. The number of amides is 1. The summed E-state index contributed by atoms with van der Waals surface area (Å²) in [6.07, 6.45) is 5.07. The number of carboxylic acid groups (broad SMARTS) is 1. The van der Waals surface area contributed by atoms with Gasteiger partial charge in [-0.25, -0.2) is 4.79 Å². The number of hydrogen-bond acceptors (Lipinski definition) is 4. The van der Waals surface area contributed by atoms with Gasteiger partial charge in [0.05, 0.1) is 0 Å². The summed E-state index contributed by atoms with van der Waals surface area (Å²) < 4.78 is 5.26. The van der Waals surface area contributed by atoms with Crippen molar-refractivity contribution in [2.24, 2.45) is 0 Å². The summed E-state index contributed by atoms with van der Waals surface area (Å²) in [7, 11) is 0. The number of furan rings is 1. The van der Waals surface area contributed by atoms with Gasteiger partial charge in [0.1, 0.15) is 17.6 Å². The molecule has 19 heavy (non-hydrogen) atoms. The van der Waals surface area contributed by atoms with E-state index in [1.807, 2.05) is 6.26 Å². The van der Waals surface area contributed by atoms with Gasteiger partial charge >= 0.3 is 5.97 Å². The summed E-state index contributed by atoms with van der Waals surface area (Å²) in [6.45, 7) is 1.81. The van der Waals surface area contributed by atoms with Crippen molar-refractivity contribution in [2.45, 2.75) is 19.4 Å². The van der Waals surface area contributed by atoms with Crippen molar-refractivity contribution in [2.75, 3.05) is 12.0 Å². The first-order chi connectivity index (χ1) is 9.02. The van der Waals surface area contributed by atoms with Crippen molar-refractivity contribution in [3.63, 3.8) is 0 Å². The van der Waals surface area contributed by atoms with Crippen molar-refractivity contribution < 1.29 is 19.1 Å². The molecule has 5 nitrogen and oxygen atoms in total. The first kappa shape index (κ1) is 15.4. The number of nitrogens with one attached hydrogen (secondary N) is 1. The van der Waals surface area contributed by atoms with Crippen LogP contribution in [0.5, 0.6) is 0 Å². The number of aliphatic carboxylic acids is 1. The fraction of sp³-hybridized carbons (Fsp3) is 0.385. The molecule has 1 amide bonds. The molecule has 1 atom stereocenters. The van der Waals surface area contributed by atoms with E-state index in [2.05, 4.69) is 5.32 Å². The average Bonchev–Trinajstić information content (AvgIpc) is 2.77. The number of thioether (sulfide) groups is 1. The van der Waals surface area contributed by atoms with Gasteiger partial charge in [0, 0.05) is 6.08 Å². The molecule has 0 aliphatic carbocycles. The quantitative estimate of drug-likeness (QED) is 0.747. The van der Waals surface area contributed by atoms with Crippen LogP contribution >= 0.6 is 11.8 Å². The first-order valence-corrected chi connectivity index (χ1v) is 7.19. The number of aryl methyl sites for hydroxylation is 1. The van der Waals surface area contributed by atoms with Gasteiger partial charge in [-0.15, -0.1) is 0 Å². The highest BCUT2D eigenvalue weighted by molar-refractivity contribution is 7.98. The molecule has 1 aromatic rings. The lowest BCUT2D eigenvalue weighted by atomic mass is 10.2. The Morgan fingerprint density at radius 3 is 2.79 bits per heavy atom. The van der Waals surface area contributed by atoms with Crippen LogP contribution in [0, 0.1) is 6.92 Å². The van der Waals surface area contributed by atoms with Crippen LogP contribution in [-0.2, 0) is 9.59 Å². The van der Waals surface area contributed by atoms with E-state index in [4.69, 9.17) is 9.52 Å². The molecule has 0 fully saturated rings. The Morgan fingerprint density at radius 1 is 1.53 bits per heavy atom. The van der Waals surface area contributed by atoms with E-state index in [1.54, 1.807) is 19.1 Å². The lowest BCUT2D eigenvalue weighted by molar-refractivity contribution is -0.141. The molecule has 6 heteroatoms. The van der Waals surface area contributed by atoms with E-state index < -0.39 is 17.9 Å². The molecule has 0 saturated heterocycles. The second-order valence-corrected chi connectivity index (χ2v) is 4.95. The summed E-state index contributed by atoms with van der Waals surface area (Å²) in [4.78, 5) is 22.5. The van der Waals surface area contributed by atoms with E-state index in [9.17, 15) is 9.59 Å². The van der Waals surface area contributed by atoms with Gasteiger partial charge in [-0.2, -0.15) is 11.8 Å². The third kappa shape index (κ3) is 5.65. The molecule has 1 aromatic heterocycles. The Balaban J connectivity index is 2.52. The number of carbonyl (C=O) groups excluding carboxylic acids is 1. The van der Waals surface area contributed by atoms with Crippen molar-refractivity contribution >= 4 is 29.7 Å². The SMILES string of the molecule is CSCC[C@@H](NC(=O)/C=C/c1ccc(C)o1)C(=O)O. The second kappa shape index (κ2) is 7.68. The molecule has 0 aromatic carbocycles. The monoisotopic (exact) mass is 283 g/mol. The van der Waals surface area contributed by atoms with Gasteiger partial charge in [-0.1, -0.05) is 0 Å². The Hall–Kier alpha value is -1.69. The van der Waals surface area contributed by atoms with Gasteiger partial charge in [0.25, 0.3) is 0 Å². The molecule has 0 aliphatic rings. The highest BCUT2D eigenvalue weighted by Crippen LogP contribution is 2.08. The van der Waals surface area contributed by atoms with Gasteiger partial charge in [-0.3, -0.25) is 4.79 Å². The van der Waals surface area contributed by atoms with Crippen LogP contribution < -0.4 is 5.32 Å². The molecule has 0 radical (unpaired) electrons. The lowest BCUT2D eigenvalue weighted by Crippen LogP contribution is -2.40. The van der Waals surface area contributed by atoms with E-state index in [-0.39, 0.29) is 0 Å². The third-order valence-corrected chi connectivity index (χ3v) is 3.03. The predicted molar refractivity (Wildman–Crippen MR) is 75.0 cm³/mol. The van der Waals surface area contributed by atoms with Crippen LogP contribution in [0.2, 0.25) is 0 Å². The van der Waals surface area contributed by atoms with E-state index >= 15 is 0 Å². The zero-order valence-electron chi connectivity index (χ0n) is 10.9. The molecule has 0 saturated carbocycles. The number of carboxylic acids is 1. The van der Waals surface area contributed by atoms with Crippen LogP contribution in [0.1, 0.15) is 17.9 Å². The van der Waals surface area contributed by atoms with Crippen molar-refractivity contribution in [1.29, 1.82) is 0 Å². The first-order valence-electron chi connectivity index (χ1n) is 5.79. The van der Waals surface area contributed by atoms with E-state index in [0.717, 1.165) is 5.76 Å². The third-order valence-electron chi connectivity index (χ3n) is 2.39. The normalized spacial score (nSPS) is 12.5. The molecule has 1 heterocycles. The molecular weight excluding hydrogens is 266 g/mol. The molecule has 0 spiro atoms. The van der Waals surface area contributed by atoms with Gasteiger partial charge < -0.3 is 14.8 Å². The molecule has 0 bridgehead atoms.